The molecule has 66 valence electrons. The first kappa shape index (κ1) is 12.3. The van der Waals surface area contributed by atoms with Crippen LogP contribution >= 0.6 is 0 Å². The van der Waals surface area contributed by atoms with E-state index < -0.39 is 0 Å². The van der Waals surface area contributed by atoms with Crippen LogP contribution in [0.5, 0.6) is 0 Å². The molecule has 1 rings (SSSR count). The van der Waals surface area contributed by atoms with Crippen molar-refractivity contribution < 1.29 is 29.0 Å². The summed E-state index contributed by atoms with van der Waals surface area (Å²) in [6, 6.07) is 10.2. The fourth-order valence-electron chi connectivity index (χ4n) is 1.00. The molecule has 2 nitrogen and oxygen atoms in total. The Labute approximate surface area is 91.0 Å². The Morgan fingerprint density at radius 1 is 1.46 bits per heavy atom. The maximum absolute atomic E-state index is 11.1. The van der Waals surface area contributed by atoms with Gasteiger partial charge in [-0.15, -0.1) is 5.56 Å². The van der Waals surface area contributed by atoms with Gasteiger partial charge in [0.2, 0.25) is 0 Å². The molecular weight excluding hydrogens is 217 g/mol. The van der Waals surface area contributed by atoms with E-state index >= 15 is 0 Å². The monoisotopic (exact) mass is 227 g/mol. The van der Waals surface area contributed by atoms with E-state index in [1.54, 1.807) is 12.1 Å². The molecule has 0 spiro atoms. The summed E-state index contributed by atoms with van der Waals surface area (Å²) < 4.78 is 4.62. The second kappa shape index (κ2) is 5.87. The van der Waals surface area contributed by atoms with Crippen LogP contribution in [0.4, 0.5) is 0 Å². The molecule has 0 saturated heterocycles. The molecule has 0 amide bonds. The minimum Gasteiger partial charge on any atom is -0.469 e. The van der Waals surface area contributed by atoms with Crippen LogP contribution in [-0.2, 0) is 29.0 Å². The van der Waals surface area contributed by atoms with Crippen LogP contribution in [0.3, 0.4) is 0 Å². The summed E-state index contributed by atoms with van der Waals surface area (Å²) in [5.41, 5.74) is 0.959. The largest absolute Gasteiger partial charge is 0.469 e. The Morgan fingerprint density at radius 2 is 2.00 bits per heavy atom. The van der Waals surface area contributed by atoms with Crippen molar-refractivity contribution in [1.82, 2.24) is 0 Å². The molecule has 3 heteroatoms. The summed E-state index contributed by atoms with van der Waals surface area (Å²) >= 11 is 0. The van der Waals surface area contributed by atoms with E-state index in [1.807, 2.05) is 19.1 Å². The van der Waals surface area contributed by atoms with Crippen molar-refractivity contribution in [3.8, 4) is 0 Å². The van der Waals surface area contributed by atoms with E-state index in [0.717, 1.165) is 5.56 Å². The van der Waals surface area contributed by atoms with E-state index in [4.69, 9.17) is 0 Å². The number of hydrogen-bond acceptors (Lipinski definition) is 2. The summed E-state index contributed by atoms with van der Waals surface area (Å²) in [4.78, 5) is 11.1. The van der Waals surface area contributed by atoms with Gasteiger partial charge >= 0.3 is 5.97 Å². The number of carbonyl (C=O) groups is 1. The van der Waals surface area contributed by atoms with E-state index in [2.05, 4.69) is 10.8 Å². The standard InChI is InChI=1S/C10H11O2.Zn/c1-8(10(11)12-2)9-6-4-3-5-7-9;/h4-8H,1-2H3;/q-1;. The summed E-state index contributed by atoms with van der Waals surface area (Å²) in [5.74, 6) is -0.397. The van der Waals surface area contributed by atoms with Gasteiger partial charge in [0.1, 0.15) is 0 Å². The average molecular weight is 229 g/mol. The average Bonchev–Trinajstić information content (AvgIpc) is 2.17. The third-order valence-electron chi connectivity index (χ3n) is 1.80. The van der Waals surface area contributed by atoms with Gasteiger partial charge in [-0.2, -0.15) is 30.3 Å². The van der Waals surface area contributed by atoms with E-state index in [1.165, 1.54) is 7.11 Å². The van der Waals surface area contributed by atoms with Crippen LogP contribution in [0.15, 0.2) is 24.3 Å². The number of benzene rings is 1. The summed E-state index contributed by atoms with van der Waals surface area (Å²) in [6.45, 7) is 1.82. The molecule has 13 heavy (non-hydrogen) atoms. The molecule has 0 heterocycles. The number of carbonyl (C=O) groups excluding carboxylic acids is 1. The number of hydrogen-bond donors (Lipinski definition) is 0. The molecule has 1 unspecified atom stereocenters. The fourth-order valence-corrected chi connectivity index (χ4v) is 1.00. The Balaban J connectivity index is 0.00000144. The molecule has 0 aliphatic heterocycles. The molecule has 0 N–H and O–H groups in total. The van der Waals surface area contributed by atoms with Crippen LogP contribution in [0.2, 0.25) is 0 Å². The van der Waals surface area contributed by atoms with E-state index in [0.29, 0.717) is 0 Å². The van der Waals surface area contributed by atoms with Gasteiger partial charge in [0.15, 0.2) is 0 Å². The first-order chi connectivity index (χ1) is 5.75. The third-order valence-corrected chi connectivity index (χ3v) is 1.80. The topological polar surface area (TPSA) is 26.3 Å². The molecule has 0 aliphatic rings. The van der Waals surface area contributed by atoms with Gasteiger partial charge in [-0.25, -0.2) is 0 Å². The molecule has 0 bridgehead atoms. The molecule has 1 aromatic rings. The van der Waals surface area contributed by atoms with Crippen molar-refractivity contribution in [3.63, 3.8) is 0 Å². The van der Waals surface area contributed by atoms with Crippen molar-refractivity contribution in [2.75, 3.05) is 7.11 Å². The van der Waals surface area contributed by atoms with Crippen molar-refractivity contribution in [2.24, 2.45) is 0 Å². The van der Waals surface area contributed by atoms with Crippen LogP contribution in [0.25, 0.3) is 0 Å². The predicted octanol–water partition coefficient (Wildman–Crippen LogP) is 1.76. The third kappa shape index (κ3) is 3.27. The minimum absolute atomic E-state index is 0. The van der Waals surface area contributed by atoms with Crippen molar-refractivity contribution >= 4 is 5.97 Å². The van der Waals surface area contributed by atoms with Gasteiger partial charge in [-0.3, -0.25) is 4.79 Å². The van der Waals surface area contributed by atoms with Gasteiger partial charge < -0.3 is 4.74 Å². The van der Waals surface area contributed by atoms with Crippen LogP contribution in [0, 0.1) is 6.07 Å². The van der Waals surface area contributed by atoms with Gasteiger partial charge in [-0.05, 0) is 6.92 Å². The molecule has 0 aliphatic carbocycles. The number of methoxy groups -OCH3 is 1. The van der Waals surface area contributed by atoms with Crippen molar-refractivity contribution in [2.45, 2.75) is 12.8 Å². The van der Waals surface area contributed by atoms with Gasteiger partial charge in [-0.1, -0.05) is 0 Å². The molecule has 1 aromatic carbocycles. The Kier molecular flexibility index (Phi) is 5.56. The minimum atomic E-state index is -0.207. The SMILES string of the molecule is COC(=O)C(C)c1cc[c-]cc1.[Zn]. The Morgan fingerprint density at radius 3 is 2.46 bits per heavy atom. The molecule has 0 saturated carbocycles. The summed E-state index contributed by atoms with van der Waals surface area (Å²) in [7, 11) is 1.40. The molecule has 0 radical (unpaired) electrons. The number of esters is 1. The Bertz CT molecular complexity index is 259. The first-order valence-corrected chi connectivity index (χ1v) is 3.79. The zero-order valence-corrected chi connectivity index (χ0v) is 10.9. The normalized spacial score (nSPS) is 11.2. The maximum Gasteiger partial charge on any atom is 0.310 e. The molecular formula is C10H11O2Zn-. The predicted molar refractivity (Wildman–Crippen MR) is 45.7 cm³/mol. The zero-order chi connectivity index (χ0) is 8.97. The van der Waals surface area contributed by atoms with E-state index in [-0.39, 0.29) is 31.4 Å². The Hall–Kier alpha value is -0.687. The number of rotatable bonds is 2. The fraction of sp³-hybridized carbons (Fsp3) is 0.300. The zero-order valence-electron chi connectivity index (χ0n) is 7.91. The molecule has 1 atom stereocenters. The first-order valence-electron chi connectivity index (χ1n) is 3.79. The van der Waals surface area contributed by atoms with Crippen molar-refractivity contribution in [1.29, 1.82) is 0 Å². The van der Waals surface area contributed by atoms with Gasteiger partial charge in [0, 0.05) is 19.5 Å². The smallest absolute Gasteiger partial charge is 0.310 e. The van der Waals surface area contributed by atoms with Gasteiger partial charge in [0.05, 0.1) is 13.0 Å². The summed E-state index contributed by atoms with van der Waals surface area (Å²) in [6.07, 6.45) is 0. The second-order valence-electron chi connectivity index (χ2n) is 2.58. The van der Waals surface area contributed by atoms with Crippen LogP contribution in [-0.4, -0.2) is 13.1 Å². The number of ether oxygens (including phenoxy) is 1. The van der Waals surface area contributed by atoms with E-state index in [9.17, 15) is 4.79 Å². The maximum atomic E-state index is 11.1. The second-order valence-corrected chi connectivity index (χ2v) is 2.58. The quantitative estimate of drug-likeness (QED) is 0.438. The van der Waals surface area contributed by atoms with Crippen molar-refractivity contribution in [3.05, 3.63) is 35.9 Å². The van der Waals surface area contributed by atoms with Crippen LogP contribution in [0.1, 0.15) is 18.4 Å². The molecule has 0 fully saturated rings. The summed E-state index contributed by atoms with van der Waals surface area (Å²) in [5, 5.41) is 0. The molecule has 0 aromatic heterocycles. The van der Waals surface area contributed by atoms with Gasteiger partial charge in [0.25, 0.3) is 0 Å². The van der Waals surface area contributed by atoms with Crippen LogP contribution < -0.4 is 0 Å².